The number of hydrogen-bond acceptors (Lipinski definition) is 3. The molecule has 3 nitrogen and oxygen atoms in total. The van der Waals surface area contributed by atoms with Gasteiger partial charge in [-0.1, -0.05) is 18.2 Å². The Bertz CT molecular complexity index is 605. The van der Waals surface area contributed by atoms with E-state index in [0.29, 0.717) is 5.57 Å². The molecule has 0 aliphatic heterocycles. The lowest BCUT2D eigenvalue weighted by molar-refractivity contribution is 1.13. The lowest BCUT2D eigenvalue weighted by Gasteiger charge is -2.11. The maximum Gasteiger partial charge on any atom is 0.0998 e. The molecule has 0 fully saturated rings. The minimum absolute atomic E-state index is 0.616. The van der Waals surface area contributed by atoms with Crippen molar-refractivity contribution in [2.45, 2.75) is 0 Å². The van der Waals surface area contributed by atoms with Crippen LogP contribution in [0.3, 0.4) is 0 Å². The maximum atomic E-state index is 9.23. The van der Waals surface area contributed by atoms with Crippen molar-refractivity contribution in [3.63, 3.8) is 0 Å². The summed E-state index contributed by atoms with van der Waals surface area (Å²) in [6, 6.07) is 14.0. The first kappa shape index (κ1) is 12.8. The van der Waals surface area contributed by atoms with Crippen LogP contribution in [0.4, 0.5) is 5.69 Å². The molecule has 1 aromatic heterocycles. The zero-order chi connectivity index (χ0) is 13.7. The Kier molecular flexibility index (Phi) is 3.94. The van der Waals surface area contributed by atoms with Crippen LogP contribution in [0, 0.1) is 11.3 Å². The van der Waals surface area contributed by atoms with Gasteiger partial charge in [-0.3, -0.25) is 4.98 Å². The van der Waals surface area contributed by atoms with E-state index in [0.717, 1.165) is 16.8 Å². The second kappa shape index (κ2) is 5.83. The van der Waals surface area contributed by atoms with Crippen molar-refractivity contribution in [2.24, 2.45) is 0 Å². The molecule has 0 saturated heterocycles. The molecule has 0 amide bonds. The first-order chi connectivity index (χ1) is 9.20. The lowest BCUT2D eigenvalue weighted by atomic mass is 10.1. The summed E-state index contributed by atoms with van der Waals surface area (Å²) < 4.78 is 0. The minimum atomic E-state index is 0.616. The van der Waals surface area contributed by atoms with Crippen molar-refractivity contribution in [1.82, 2.24) is 4.98 Å². The molecule has 0 N–H and O–H groups in total. The first-order valence-corrected chi connectivity index (χ1v) is 6.00. The molecular weight excluding hydrogens is 234 g/mol. The summed E-state index contributed by atoms with van der Waals surface area (Å²) in [5, 5.41) is 9.23. The number of allylic oxidation sites excluding steroid dienone is 1. The number of rotatable bonds is 3. The van der Waals surface area contributed by atoms with E-state index in [1.807, 2.05) is 61.5 Å². The second-order valence-electron chi connectivity index (χ2n) is 4.40. The molecule has 0 radical (unpaired) electrons. The van der Waals surface area contributed by atoms with Gasteiger partial charge >= 0.3 is 0 Å². The number of anilines is 1. The molecule has 0 aliphatic rings. The third-order valence-electron chi connectivity index (χ3n) is 2.81. The van der Waals surface area contributed by atoms with Gasteiger partial charge in [-0.2, -0.15) is 5.26 Å². The Balaban J connectivity index is 2.31. The van der Waals surface area contributed by atoms with Gasteiger partial charge < -0.3 is 4.90 Å². The summed E-state index contributed by atoms with van der Waals surface area (Å²) in [6.45, 7) is 0. The van der Waals surface area contributed by atoms with Crippen molar-refractivity contribution >= 4 is 17.3 Å². The van der Waals surface area contributed by atoms with Crippen LogP contribution in [0.1, 0.15) is 11.1 Å². The van der Waals surface area contributed by atoms with E-state index in [1.54, 1.807) is 12.4 Å². The SMILES string of the molecule is CN(C)c1ccc(C=C(C#N)c2cccnc2)cc1. The van der Waals surface area contributed by atoms with Crippen LogP contribution in [0.2, 0.25) is 0 Å². The highest BCUT2D eigenvalue weighted by molar-refractivity contribution is 5.89. The average Bonchev–Trinajstić information content (AvgIpc) is 2.46. The van der Waals surface area contributed by atoms with E-state index in [4.69, 9.17) is 0 Å². The molecule has 94 valence electrons. The molecule has 1 aromatic carbocycles. The van der Waals surface area contributed by atoms with Crippen molar-refractivity contribution in [1.29, 1.82) is 5.26 Å². The molecule has 1 heterocycles. The van der Waals surface area contributed by atoms with Crippen molar-refractivity contribution in [3.05, 3.63) is 59.9 Å². The van der Waals surface area contributed by atoms with E-state index in [9.17, 15) is 5.26 Å². The number of benzene rings is 1. The molecule has 0 atom stereocenters. The monoisotopic (exact) mass is 249 g/mol. The molecule has 0 aliphatic carbocycles. The van der Waals surface area contributed by atoms with E-state index < -0.39 is 0 Å². The molecular formula is C16H15N3. The van der Waals surface area contributed by atoms with Crippen molar-refractivity contribution < 1.29 is 0 Å². The number of aromatic nitrogens is 1. The van der Waals surface area contributed by atoms with Crippen LogP contribution in [0.25, 0.3) is 11.6 Å². The lowest BCUT2D eigenvalue weighted by Crippen LogP contribution is -2.07. The van der Waals surface area contributed by atoms with E-state index >= 15 is 0 Å². The van der Waals surface area contributed by atoms with Crippen molar-refractivity contribution in [2.75, 3.05) is 19.0 Å². The summed E-state index contributed by atoms with van der Waals surface area (Å²) in [6.07, 6.45) is 5.27. The Morgan fingerprint density at radius 3 is 2.47 bits per heavy atom. The van der Waals surface area contributed by atoms with Gasteiger partial charge in [0.05, 0.1) is 11.6 Å². The number of hydrogen-bond donors (Lipinski definition) is 0. The quantitative estimate of drug-likeness (QED) is 0.784. The third kappa shape index (κ3) is 3.20. The molecule has 0 saturated carbocycles. The zero-order valence-electron chi connectivity index (χ0n) is 11.0. The van der Waals surface area contributed by atoms with Crippen LogP contribution in [0.5, 0.6) is 0 Å². The topological polar surface area (TPSA) is 39.9 Å². The normalized spacial score (nSPS) is 10.9. The molecule has 0 bridgehead atoms. The van der Waals surface area contributed by atoms with Crippen LogP contribution in [-0.2, 0) is 0 Å². The summed E-state index contributed by atoms with van der Waals surface area (Å²) >= 11 is 0. The highest BCUT2D eigenvalue weighted by atomic mass is 15.1. The number of pyridine rings is 1. The Labute approximate surface area is 113 Å². The van der Waals surface area contributed by atoms with Gasteiger partial charge in [0, 0.05) is 37.7 Å². The fourth-order valence-electron chi connectivity index (χ4n) is 1.74. The standard InChI is InChI=1S/C16H15N3/c1-19(2)16-7-5-13(6-8-16)10-15(11-17)14-4-3-9-18-12-14/h3-10,12H,1-2H3. The van der Waals surface area contributed by atoms with Crippen LogP contribution < -0.4 is 4.90 Å². The smallest absolute Gasteiger partial charge is 0.0998 e. The Morgan fingerprint density at radius 1 is 1.21 bits per heavy atom. The fraction of sp³-hybridized carbons (Fsp3) is 0.125. The van der Waals surface area contributed by atoms with Crippen molar-refractivity contribution in [3.8, 4) is 6.07 Å². The Hall–Kier alpha value is -2.60. The number of nitriles is 1. The highest BCUT2D eigenvalue weighted by Gasteiger charge is 2.01. The highest BCUT2D eigenvalue weighted by Crippen LogP contribution is 2.18. The summed E-state index contributed by atoms with van der Waals surface area (Å²) in [4.78, 5) is 6.08. The first-order valence-electron chi connectivity index (χ1n) is 6.00. The predicted octanol–water partition coefficient (Wildman–Crippen LogP) is 3.21. The zero-order valence-corrected chi connectivity index (χ0v) is 11.0. The molecule has 2 rings (SSSR count). The van der Waals surface area contributed by atoms with Gasteiger partial charge in [-0.25, -0.2) is 0 Å². The second-order valence-corrected chi connectivity index (χ2v) is 4.40. The van der Waals surface area contributed by atoms with Gasteiger partial charge in [0.25, 0.3) is 0 Å². The molecule has 2 aromatic rings. The average molecular weight is 249 g/mol. The van der Waals surface area contributed by atoms with Gasteiger partial charge in [0.15, 0.2) is 0 Å². The van der Waals surface area contributed by atoms with Gasteiger partial charge in [-0.15, -0.1) is 0 Å². The van der Waals surface area contributed by atoms with Gasteiger partial charge in [0.1, 0.15) is 0 Å². The maximum absolute atomic E-state index is 9.23. The minimum Gasteiger partial charge on any atom is -0.378 e. The largest absolute Gasteiger partial charge is 0.378 e. The van der Waals surface area contributed by atoms with Crippen LogP contribution in [-0.4, -0.2) is 19.1 Å². The van der Waals surface area contributed by atoms with E-state index in [-0.39, 0.29) is 0 Å². The van der Waals surface area contributed by atoms with Gasteiger partial charge in [0.2, 0.25) is 0 Å². The third-order valence-corrected chi connectivity index (χ3v) is 2.81. The molecule has 0 unspecified atom stereocenters. The molecule has 0 spiro atoms. The fourth-order valence-corrected chi connectivity index (χ4v) is 1.74. The number of nitrogens with zero attached hydrogens (tertiary/aromatic N) is 3. The molecule has 19 heavy (non-hydrogen) atoms. The predicted molar refractivity (Wildman–Crippen MR) is 78.5 cm³/mol. The van der Waals surface area contributed by atoms with Gasteiger partial charge in [-0.05, 0) is 29.8 Å². The van der Waals surface area contributed by atoms with Crippen LogP contribution in [0.15, 0.2) is 48.8 Å². The van der Waals surface area contributed by atoms with Crippen LogP contribution >= 0.6 is 0 Å². The van der Waals surface area contributed by atoms with E-state index in [1.165, 1.54) is 0 Å². The summed E-state index contributed by atoms with van der Waals surface area (Å²) in [5.74, 6) is 0. The summed E-state index contributed by atoms with van der Waals surface area (Å²) in [5.41, 5.74) is 3.59. The summed E-state index contributed by atoms with van der Waals surface area (Å²) in [7, 11) is 4.00. The molecule has 3 heteroatoms. The van der Waals surface area contributed by atoms with E-state index in [2.05, 4.69) is 11.1 Å². The Morgan fingerprint density at radius 2 is 1.95 bits per heavy atom.